The van der Waals surface area contributed by atoms with Gasteiger partial charge in [0.25, 0.3) is 0 Å². The molecule has 2 heteroatoms. The number of carbonyl (C=O) groups excluding carboxylic acids is 1. The van der Waals surface area contributed by atoms with Gasteiger partial charge in [-0.1, -0.05) is 13.0 Å². The molecule has 1 aromatic carbocycles. The number of rotatable bonds is 2. The molecule has 3 aliphatic rings. The van der Waals surface area contributed by atoms with Crippen LogP contribution < -0.4 is 4.74 Å². The molecule has 0 aliphatic heterocycles. The van der Waals surface area contributed by atoms with Crippen molar-refractivity contribution in [1.82, 2.24) is 0 Å². The Morgan fingerprint density at radius 1 is 1.23 bits per heavy atom. The summed E-state index contributed by atoms with van der Waals surface area (Å²) < 4.78 is 5.66. The molecule has 0 N–H and O–H groups in total. The van der Waals surface area contributed by atoms with Gasteiger partial charge in [-0.15, -0.1) is 0 Å². The summed E-state index contributed by atoms with van der Waals surface area (Å²) >= 11 is 0. The highest BCUT2D eigenvalue weighted by Gasteiger charge is 2.54. The van der Waals surface area contributed by atoms with Gasteiger partial charge in [0.1, 0.15) is 11.5 Å². The summed E-state index contributed by atoms with van der Waals surface area (Å²) in [7, 11) is 0. The lowest BCUT2D eigenvalue weighted by Crippen LogP contribution is -2.42. The first-order valence-electron chi connectivity index (χ1n) is 8.92. The Kier molecular flexibility index (Phi) is 3.32. The second kappa shape index (κ2) is 5.11. The third kappa shape index (κ3) is 1.96. The van der Waals surface area contributed by atoms with E-state index in [1.165, 1.54) is 18.4 Å². The lowest BCUT2D eigenvalue weighted by Gasteiger charge is -2.48. The van der Waals surface area contributed by atoms with Crippen LogP contribution in [0.25, 0.3) is 0 Å². The SMILES string of the molecule is CCOc1ccc2c(c1)CC[C@@H]1[C@@H]2CC[C@@]2(C)C(=O)CC[C@H]12. The minimum absolute atomic E-state index is 0.00999. The summed E-state index contributed by atoms with van der Waals surface area (Å²) in [6.07, 6.45) is 6.62. The number of ether oxygens (including phenoxy) is 1. The van der Waals surface area contributed by atoms with Crippen LogP contribution in [0.15, 0.2) is 18.2 Å². The van der Waals surface area contributed by atoms with Crippen LogP contribution in [0.5, 0.6) is 5.75 Å². The molecule has 0 saturated heterocycles. The zero-order valence-corrected chi connectivity index (χ0v) is 13.7. The third-order valence-corrected chi connectivity index (χ3v) is 6.72. The van der Waals surface area contributed by atoms with Crippen molar-refractivity contribution >= 4 is 5.78 Å². The molecule has 0 bridgehead atoms. The van der Waals surface area contributed by atoms with Crippen molar-refractivity contribution in [3.05, 3.63) is 29.3 Å². The molecule has 0 spiro atoms. The maximum Gasteiger partial charge on any atom is 0.139 e. The topological polar surface area (TPSA) is 26.3 Å². The summed E-state index contributed by atoms with van der Waals surface area (Å²) in [5.41, 5.74) is 3.02. The molecule has 0 heterocycles. The largest absolute Gasteiger partial charge is 0.494 e. The predicted molar refractivity (Wildman–Crippen MR) is 87.2 cm³/mol. The van der Waals surface area contributed by atoms with Crippen LogP contribution in [0, 0.1) is 17.3 Å². The van der Waals surface area contributed by atoms with Crippen molar-refractivity contribution in [2.45, 2.75) is 58.3 Å². The molecule has 2 nitrogen and oxygen atoms in total. The van der Waals surface area contributed by atoms with Crippen molar-refractivity contribution in [3.63, 3.8) is 0 Å². The summed E-state index contributed by atoms with van der Waals surface area (Å²) in [6.45, 7) is 5.01. The van der Waals surface area contributed by atoms with Gasteiger partial charge in [-0.25, -0.2) is 0 Å². The van der Waals surface area contributed by atoms with E-state index in [0.717, 1.165) is 44.0 Å². The summed E-state index contributed by atoms with van der Waals surface area (Å²) in [4.78, 5) is 12.4. The Bertz CT molecular complexity index is 606. The van der Waals surface area contributed by atoms with Gasteiger partial charge in [0, 0.05) is 11.8 Å². The Morgan fingerprint density at radius 2 is 2.09 bits per heavy atom. The second-order valence-corrected chi connectivity index (χ2v) is 7.63. The zero-order valence-electron chi connectivity index (χ0n) is 13.7. The van der Waals surface area contributed by atoms with Crippen molar-refractivity contribution in [2.24, 2.45) is 17.3 Å². The zero-order chi connectivity index (χ0) is 15.3. The molecule has 4 rings (SSSR count). The van der Waals surface area contributed by atoms with E-state index in [1.54, 1.807) is 5.56 Å². The number of carbonyl (C=O) groups is 1. The highest BCUT2D eigenvalue weighted by molar-refractivity contribution is 5.87. The molecular weight excluding hydrogens is 272 g/mol. The molecule has 0 amide bonds. The van der Waals surface area contributed by atoms with Gasteiger partial charge in [-0.05, 0) is 80.0 Å². The molecule has 22 heavy (non-hydrogen) atoms. The van der Waals surface area contributed by atoms with Crippen LogP contribution in [-0.4, -0.2) is 12.4 Å². The summed E-state index contributed by atoms with van der Waals surface area (Å²) in [5, 5.41) is 0. The third-order valence-electron chi connectivity index (χ3n) is 6.72. The maximum absolute atomic E-state index is 12.4. The molecule has 0 radical (unpaired) electrons. The first-order valence-corrected chi connectivity index (χ1v) is 8.92. The molecule has 2 saturated carbocycles. The Hall–Kier alpha value is -1.31. The minimum Gasteiger partial charge on any atom is -0.494 e. The van der Waals surface area contributed by atoms with Crippen LogP contribution >= 0.6 is 0 Å². The standard InChI is InChI=1S/C20H26O2/c1-3-22-14-5-7-15-13(12-14)4-6-17-16(15)10-11-20(2)18(17)8-9-19(20)21/h5,7,12,16-18H,3-4,6,8-11H2,1-2H3/t16-,17-,18-,20-/m1/s1. The Balaban J connectivity index is 1.66. The van der Waals surface area contributed by atoms with Gasteiger partial charge in [-0.3, -0.25) is 4.79 Å². The molecule has 3 aliphatic carbocycles. The number of hydrogen-bond acceptors (Lipinski definition) is 2. The fraction of sp³-hybridized carbons (Fsp3) is 0.650. The average molecular weight is 298 g/mol. The lowest BCUT2D eigenvalue weighted by molar-refractivity contribution is -0.129. The smallest absolute Gasteiger partial charge is 0.139 e. The average Bonchev–Trinajstić information content (AvgIpc) is 2.83. The molecular formula is C20H26O2. The van der Waals surface area contributed by atoms with Crippen LogP contribution in [-0.2, 0) is 11.2 Å². The summed E-state index contributed by atoms with van der Waals surface area (Å²) in [6, 6.07) is 6.69. The van der Waals surface area contributed by atoms with Gasteiger partial charge in [0.15, 0.2) is 0 Å². The second-order valence-electron chi connectivity index (χ2n) is 7.63. The van der Waals surface area contributed by atoms with E-state index in [9.17, 15) is 4.79 Å². The molecule has 118 valence electrons. The van der Waals surface area contributed by atoms with Gasteiger partial charge < -0.3 is 4.74 Å². The van der Waals surface area contributed by atoms with E-state index in [-0.39, 0.29) is 5.41 Å². The van der Waals surface area contributed by atoms with Crippen molar-refractivity contribution < 1.29 is 9.53 Å². The Morgan fingerprint density at radius 3 is 2.91 bits per heavy atom. The Labute approximate surface area is 133 Å². The maximum atomic E-state index is 12.4. The number of fused-ring (bicyclic) bond motifs is 5. The van der Waals surface area contributed by atoms with E-state index in [4.69, 9.17) is 4.74 Å². The van der Waals surface area contributed by atoms with Gasteiger partial charge >= 0.3 is 0 Å². The molecule has 0 unspecified atom stereocenters. The monoisotopic (exact) mass is 298 g/mol. The van der Waals surface area contributed by atoms with Crippen LogP contribution in [0.3, 0.4) is 0 Å². The number of benzene rings is 1. The predicted octanol–water partition coefficient (Wildman–Crippen LogP) is 4.51. The van der Waals surface area contributed by atoms with Crippen LogP contribution in [0.4, 0.5) is 0 Å². The number of aryl methyl sites for hydroxylation is 1. The van der Waals surface area contributed by atoms with Gasteiger partial charge in [0.2, 0.25) is 0 Å². The highest BCUT2D eigenvalue weighted by Crippen LogP contribution is 2.59. The molecule has 1 aromatic rings. The fourth-order valence-corrected chi connectivity index (χ4v) is 5.59. The van der Waals surface area contributed by atoms with E-state index >= 15 is 0 Å². The van der Waals surface area contributed by atoms with E-state index < -0.39 is 0 Å². The summed E-state index contributed by atoms with van der Waals surface area (Å²) in [5.74, 6) is 3.56. The first-order chi connectivity index (χ1) is 10.6. The van der Waals surface area contributed by atoms with Gasteiger partial charge in [-0.2, -0.15) is 0 Å². The van der Waals surface area contributed by atoms with E-state index in [0.29, 0.717) is 17.6 Å². The number of ketones is 1. The van der Waals surface area contributed by atoms with E-state index in [1.807, 2.05) is 6.92 Å². The first kappa shape index (κ1) is 14.3. The van der Waals surface area contributed by atoms with Crippen LogP contribution in [0.1, 0.15) is 63.0 Å². The molecule has 4 atom stereocenters. The quantitative estimate of drug-likeness (QED) is 0.803. The van der Waals surface area contributed by atoms with Crippen LogP contribution in [0.2, 0.25) is 0 Å². The van der Waals surface area contributed by atoms with Crippen molar-refractivity contribution in [1.29, 1.82) is 0 Å². The minimum atomic E-state index is -0.00999. The van der Waals surface area contributed by atoms with Crippen molar-refractivity contribution in [3.8, 4) is 5.75 Å². The van der Waals surface area contributed by atoms with Crippen molar-refractivity contribution in [2.75, 3.05) is 6.61 Å². The normalized spacial score (nSPS) is 36.5. The molecule has 2 fully saturated rings. The fourth-order valence-electron chi connectivity index (χ4n) is 5.59. The van der Waals surface area contributed by atoms with Gasteiger partial charge in [0.05, 0.1) is 6.61 Å². The lowest BCUT2D eigenvalue weighted by atomic mass is 9.55. The number of hydrogen-bond donors (Lipinski definition) is 0. The molecule has 0 aromatic heterocycles. The van der Waals surface area contributed by atoms with E-state index in [2.05, 4.69) is 25.1 Å². The number of Topliss-reactive ketones (excluding diaryl/α,β-unsaturated/α-hetero) is 1. The highest BCUT2D eigenvalue weighted by atomic mass is 16.5.